The Morgan fingerprint density at radius 3 is 2.67 bits per heavy atom. The van der Waals surface area contributed by atoms with Crippen molar-refractivity contribution in [1.29, 1.82) is 0 Å². The maximum atomic E-state index is 12.1. The van der Waals surface area contributed by atoms with Crippen LogP contribution in [0.15, 0.2) is 23.1 Å². The molecule has 1 atom stereocenters. The van der Waals surface area contributed by atoms with Crippen LogP contribution in [0.1, 0.15) is 18.4 Å². The Kier molecular flexibility index (Phi) is 4.01. The van der Waals surface area contributed by atoms with E-state index in [2.05, 4.69) is 0 Å². The number of amides is 1. The molecule has 2 rings (SSSR count). The number of nitrogen functional groups attached to an aromatic ring is 1. The maximum absolute atomic E-state index is 12.1. The van der Waals surface area contributed by atoms with Crippen molar-refractivity contribution in [3.8, 4) is 0 Å². The molecule has 4 nitrogen and oxygen atoms in total. The van der Waals surface area contributed by atoms with E-state index in [-0.39, 0.29) is 11.7 Å². The third-order valence-electron chi connectivity index (χ3n) is 3.22. The van der Waals surface area contributed by atoms with Gasteiger partial charge in [-0.3, -0.25) is 9.00 Å². The molecule has 18 heavy (non-hydrogen) atoms. The van der Waals surface area contributed by atoms with Crippen LogP contribution in [0.25, 0.3) is 0 Å². The molecular weight excluding hydrogens is 248 g/mol. The number of nitrogens with zero attached hydrogens (tertiary/aromatic N) is 1. The normalized spacial score (nSPS) is 16.8. The molecule has 0 bridgehead atoms. The second-order valence-corrected chi connectivity index (χ2v) is 6.05. The molecule has 1 aliphatic heterocycles. The van der Waals surface area contributed by atoms with E-state index < -0.39 is 10.8 Å². The van der Waals surface area contributed by atoms with E-state index in [1.165, 1.54) is 0 Å². The number of carbonyl (C=O) groups excluding carboxylic acids is 1. The van der Waals surface area contributed by atoms with E-state index in [1.54, 1.807) is 23.1 Å². The van der Waals surface area contributed by atoms with E-state index in [0.717, 1.165) is 31.5 Å². The van der Waals surface area contributed by atoms with Crippen LogP contribution >= 0.6 is 0 Å². The van der Waals surface area contributed by atoms with Gasteiger partial charge in [0.1, 0.15) is 5.75 Å². The summed E-state index contributed by atoms with van der Waals surface area (Å²) in [5.41, 5.74) is 7.30. The molecule has 0 radical (unpaired) electrons. The van der Waals surface area contributed by atoms with E-state index in [0.29, 0.717) is 10.6 Å². The predicted molar refractivity (Wildman–Crippen MR) is 72.7 cm³/mol. The average molecular weight is 266 g/mol. The summed E-state index contributed by atoms with van der Waals surface area (Å²) in [6, 6.07) is 5.27. The highest BCUT2D eigenvalue weighted by molar-refractivity contribution is 7.85. The highest BCUT2D eigenvalue weighted by Crippen LogP contribution is 2.16. The average Bonchev–Trinajstić information content (AvgIpc) is 2.86. The molecule has 98 valence electrons. The topological polar surface area (TPSA) is 63.4 Å². The molecule has 0 spiro atoms. The fourth-order valence-corrected chi connectivity index (χ4v) is 3.14. The Balaban J connectivity index is 2.02. The molecule has 1 aromatic rings. The number of benzene rings is 1. The lowest BCUT2D eigenvalue weighted by Gasteiger charge is -2.14. The molecule has 1 aliphatic rings. The van der Waals surface area contributed by atoms with Crippen molar-refractivity contribution in [2.24, 2.45) is 0 Å². The minimum atomic E-state index is -1.27. The Labute approximate surface area is 110 Å². The Hall–Kier alpha value is -1.36. The van der Waals surface area contributed by atoms with Crippen molar-refractivity contribution in [3.05, 3.63) is 23.8 Å². The van der Waals surface area contributed by atoms with E-state index in [9.17, 15) is 9.00 Å². The summed E-state index contributed by atoms with van der Waals surface area (Å²) in [4.78, 5) is 14.4. The zero-order valence-electron chi connectivity index (χ0n) is 10.5. The summed E-state index contributed by atoms with van der Waals surface area (Å²) in [5, 5.41) is 0. The monoisotopic (exact) mass is 266 g/mol. The first-order valence-electron chi connectivity index (χ1n) is 6.10. The SMILES string of the molecule is Cc1cc(S(=O)CC(=O)N2CCCC2)ccc1N. The van der Waals surface area contributed by atoms with E-state index in [4.69, 9.17) is 5.73 Å². The summed E-state index contributed by atoms with van der Waals surface area (Å²) in [7, 11) is -1.27. The standard InChI is InChI=1S/C13H18N2O2S/c1-10-8-11(4-5-12(10)14)18(17)9-13(16)15-6-2-3-7-15/h4-5,8H,2-3,6-7,9,14H2,1H3. The number of likely N-dealkylation sites (tertiary alicyclic amines) is 1. The van der Waals surface area contributed by atoms with Crippen molar-refractivity contribution in [2.45, 2.75) is 24.7 Å². The predicted octanol–water partition coefficient (Wildman–Crippen LogP) is 1.31. The number of hydrogen-bond acceptors (Lipinski definition) is 3. The van der Waals surface area contributed by atoms with Crippen molar-refractivity contribution in [3.63, 3.8) is 0 Å². The summed E-state index contributed by atoms with van der Waals surface area (Å²) >= 11 is 0. The Bertz CT molecular complexity index is 482. The molecule has 1 fully saturated rings. The van der Waals surface area contributed by atoms with Crippen LogP contribution in [-0.2, 0) is 15.6 Å². The lowest BCUT2D eigenvalue weighted by atomic mass is 10.2. The molecule has 1 saturated heterocycles. The molecule has 0 aromatic heterocycles. The molecule has 0 saturated carbocycles. The van der Waals surface area contributed by atoms with Gasteiger partial charge in [-0.05, 0) is 43.5 Å². The van der Waals surface area contributed by atoms with E-state index in [1.807, 2.05) is 6.92 Å². The van der Waals surface area contributed by atoms with Gasteiger partial charge in [-0.1, -0.05) is 0 Å². The van der Waals surface area contributed by atoms with Gasteiger partial charge in [0.15, 0.2) is 0 Å². The van der Waals surface area contributed by atoms with Crippen LogP contribution in [0.3, 0.4) is 0 Å². The zero-order valence-corrected chi connectivity index (χ0v) is 11.3. The number of nitrogens with two attached hydrogens (primary N) is 1. The second-order valence-electron chi connectivity index (χ2n) is 4.60. The Morgan fingerprint density at radius 1 is 1.39 bits per heavy atom. The van der Waals surface area contributed by atoms with Gasteiger partial charge in [0.25, 0.3) is 0 Å². The number of aryl methyl sites for hydroxylation is 1. The number of anilines is 1. The quantitative estimate of drug-likeness (QED) is 0.839. The van der Waals surface area contributed by atoms with Crippen LogP contribution in [0.2, 0.25) is 0 Å². The van der Waals surface area contributed by atoms with Gasteiger partial charge in [-0.2, -0.15) is 0 Å². The first-order valence-corrected chi connectivity index (χ1v) is 7.42. The Morgan fingerprint density at radius 2 is 2.06 bits per heavy atom. The summed E-state index contributed by atoms with van der Waals surface area (Å²) < 4.78 is 12.1. The van der Waals surface area contributed by atoms with Crippen LogP contribution in [0.5, 0.6) is 0 Å². The first kappa shape index (κ1) is 13.1. The van der Waals surface area contributed by atoms with Gasteiger partial charge in [0.05, 0.1) is 10.8 Å². The zero-order chi connectivity index (χ0) is 13.1. The summed E-state index contributed by atoms with van der Waals surface area (Å²) in [6.07, 6.45) is 2.11. The van der Waals surface area contributed by atoms with Crippen LogP contribution in [0.4, 0.5) is 5.69 Å². The van der Waals surface area contributed by atoms with Gasteiger partial charge in [-0.15, -0.1) is 0 Å². The summed E-state index contributed by atoms with van der Waals surface area (Å²) in [5.74, 6) is 0.0592. The number of carbonyl (C=O) groups is 1. The first-order chi connectivity index (χ1) is 8.58. The molecule has 2 N–H and O–H groups in total. The molecule has 1 amide bonds. The number of rotatable bonds is 3. The molecule has 1 heterocycles. The lowest BCUT2D eigenvalue weighted by Crippen LogP contribution is -2.31. The summed E-state index contributed by atoms with van der Waals surface area (Å²) in [6.45, 7) is 3.48. The molecule has 1 aromatic carbocycles. The van der Waals surface area contributed by atoms with Crippen molar-refractivity contribution in [1.82, 2.24) is 4.90 Å². The highest BCUT2D eigenvalue weighted by atomic mass is 32.2. The van der Waals surface area contributed by atoms with Crippen LogP contribution < -0.4 is 5.73 Å². The third-order valence-corrected chi connectivity index (χ3v) is 4.51. The van der Waals surface area contributed by atoms with Crippen molar-refractivity contribution < 1.29 is 9.00 Å². The minimum Gasteiger partial charge on any atom is -0.399 e. The van der Waals surface area contributed by atoms with Crippen molar-refractivity contribution >= 4 is 22.4 Å². The van der Waals surface area contributed by atoms with Gasteiger partial charge in [0.2, 0.25) is 5.91 Å². The largest absolute Gasteiger partial charge is 0.399 e. The second kappa shape index (κ2) is 5.52. The van der Waals surface area contributed by atoms with Gasteiger partial charge >= 0.3 is 0 Å². The number of hydrogen-bond donors (Lipinski definition) is 1. The van der Waals surface area contributed by atoms with Crippen LogP contribution in [-0.4, -0.2) is 33.9 Å². The fourth-order valence-electron chi connectivity index (χ4n) is 2.04. The van der Waals surface area contributed by atoms with Gasteiger partial charge in [0, 0.05) is 23.7 Å². The smallest absolute Gasteiger partial charge is 0.235 e. The van der Waals surface area contributed by atoms with Gasteiger partial charge < -0.3 is 10.6 Å². The van der Waals surface area contributed by atoms with Gasteiger partial charge in [-0.25, -0.2) is 0 Å². The lowest BCUT2D eigenvalue weighted by molar-refractivity contribution is -0.127. The molecule has 5 heteroatoms. The molecular formula is C13H18N2O2S. The minimum absolute atomic E-state index is 0.0136. The third kappa shape index (κ3) is 2.90. The maximum Gasteiger partial charge on any atom is 0.235 e. The molecule has 0 aliphatic carbocycles. The molecule has 1 unspecified atom stereocenters. The van der Waals surface area contributed by atoms with Crippen molar-refractivity contribution in [2.75, 3.05) is 24.6 Å². The highest BCUT2D eigenvalue weighted by Gasteiger charge is 2.20. The van der Waals surface area contributed by atoms with Crippen LogP contribution in [0, 0.1) is 6.92 Å². The fraction of sp³-hybridized carbons (Fsp3) is 0.462. The van der Waals surface area contributed by atoms with E-state index >= 15 is 0 Å².